The molecule has 0 aliphatic carbocycles. The summed E-state index contributed by atoms with van der Waals surface area (Å²) in [4.78, 5) is 17.2. The molecule has 2 heterocycles. The molecule has 0 saturated heterocycles. The maximum atomic E-state index is 12.2. The number of carbonyl (C=O) groups excluding carboxylic acids is 1. The van der Waals surface area contributed by atoms with Gasteiger partial charge in [-0.3, -0.25) is 0 Å². The average molecular weight is 298 g/mol. The van der Waals surface area contributed by atoms with Crippen molar-refractivity contribution in [3.05, 3.63) is 48.2 Å². The van der Waals surface area contributed by atoms with Gasteiger partial charge in [0.15, 0.2) is 0 Å². The highest BCUT2D eigenvalue weighted by atomic mass is 16.6. The van der Waals surface area contributed by atoms with Crippen LogP contribution in [0.1, 0.15) is 32.3 Å². The second kappa shape index (κ2) is 5.52. The van der Waals surface area contributed by atoms with E-state index in [-0.39, 0.29) is 12.0 Å². The summed E-state index contributed by atoms with van der Waals surface area (Å²) < 4.78 is 5.47. The standard InChI is InChI=1S/C18H22N2O2/c1-18(2,3)22-17(21)20-10-4-5-15(12-20)14-7-6-13-8-9-19-16(13)11-14/h4-9,11,15,19H,10,12H2,1-3H3/t15-/m0/s1. The highest BCUT2D eigenvalue weighted by Crippen LogP contribution is 2.26. The first-order valence-electron chi connectivity index (χ1n) is 7.64. The molecule has 0 bridgehead atoms. The van der Waals surface area contributed by atoms with Gasteiger partial charge in [0.05, 0.1) is 0 Å². The van der Waals surface area contributed by atoms with E-state index >= 15 is 0 Å². The summed E-state index contributed by atoms with van der Waals surface area (Å²) in [7, 11) is 0. The van der Waals surface area contributed by atoms with E-state index in [9.17, 15) is 4.79 Å². The molecule has 0 unspecified atom stereocenters. The number of aromatic amines is 1. The molecule has 4 nitrogen and oxygen atoms in total. The van der Waals surface area contributed by atoms with Crippen molar-refractivity contribution in [3.8, 4) is 0 Å². The molecular weight excluding hydrogens is 276 g/mol. The molecule has 0 saturated carbocycles. The van der Waals surface area contributed by atoms with Crippen LogP contribution >= 0.6 is 0 Å². The van der Waals surface area contributed by atoms with E-state index in [1.165, 1.54) is 10.9 Å². The first kappa shape index (κ1) is 14.7. The smallest absolute Gasteiger partial charge is 0.410 e. The van der Waals surface area contributed by atoms with E-state index in [0.29, 0.717) is 13.1 Å². The largest absolute Gasteiger partial charge is 0.444 e. The zero-order chi connectivity index (χ0) is 15.7. The quantitative estimate of drug-likeness (QED) is 0.807. The Labute approximate surface area is 130 Å². The van der Waals surface area contributed by atoms with Crippen LogP contribution in [0, 0.1) is 0 Å². The Hall–Kier alpha value is -2.23. The lowest BCUT2D eigenvalue weighted by Gasteiger charge is -2.31. The average Bonchev–Trinajstić information content (AvgIpc) is 2.93. The minimum atomic E-state index is -0.461. The summed E-state index contributed by atoms with van der Waals surface area (Å²) in [5.74, 6) is 0.203. The van der Waals surface area contributed by atoms with Gasteiger partial charge >= 0.3 is 6.09 Å². The highest BCUT2D eigenvalue weighted by Gasteiger charge is 2.26. The predicted octanol–water partition coefficient (Wildman–Crippen LogP) is 4.06. The first-order valence-corrected chi connectivity index (χ1v) is 7.64. The Morgan fingerprint density at radius 2 is 2.14 bits per heavy atom. The van der Waals surface area contributed by atoms with Crippen LogP contribution in [0.15, 0.2) is 42.6 Å². The van der Waals surface area contributed by atoms with Crippen LogP contribution in [0.5, 0.6) is 0 Å². The number of rotatable bonds is 1. The Kier molecular flexibility index (Phi) is 3.69. The molecule has 116 valence electrons. The van der Waals surface area contributed by atoms with Crippen LogP contribution in [0.2, 0.25) is 0 Å². The molecule has 1 N–H and O–H groups in total. The molecule has 1 amide bonds. The highest BCUT2D eigenvalue weighted by molar-refractivity contribution is 5.80. The maximum Gasteiger partial charge on any atom is 0.410 e. The molecule has 0 fully saturated rings. The Morgan fingerprint density at radius 3 is 2.91 bits per heavy atom. The lowest BCUT2D eigenvalue weighted by atomic mass is 9.95. The van der Waals surface area contributed by atoms with E-state index in [4.69, 9.17) is 4.74 Å². The van der Waals surface area contributed by atoms with Gasteiger partial charge in [0.1, 0.15) is 5.60 Å². The van der Waals surface area contributed by atoms with Crippen molar-refractivity contribution in [2.45, 2.75) is 32.3 Å². The molecule has 3 rings (SSSR count). The van der Waals surface area contributed by atoms with Gasteiger partial charge in [-0.15, -0.1) is 0 Å². The molecule has 22 heavy (non-hydrogen) atoms. The second-order valence-corrected chi connectivity index (χ2v) is 6.74. The van der Waals surface area contributed by atoms with Crippen molar-refractivity contribution in [2.75, 3.05) is 13.1 Å². The van der Waals surface area contributed by atoms with E-state index in [1.54, 1.807) is 4.90 Å². The first-order chi connectivity index (χ1) is 10.4. The van der Waals surface area contributed by atoms with Gasteiger partial charge in [-0.2, -0.15) is 0 Å². The minimum Gasteiger partial charge on any atom is -0.444 e. The number of hydrogen-bond acceptors (Lipinski definition) is 2. The number of benzene rings is 1. The Bertz CT molecular complexity index is 709. The summed E-state index contributed by atoms with van der Waals surface area (Å²) in [6.07, 6.45) is 5.91. The zero-order valence-electron chi connectivity index (χ0n) is 13.3. The van der Waals surface area contributed by atoms with Gasteiger partial charge in [0, 0.05) is 30.7 Å². The summed E-state index contributed by atoms with van der Waals surface area (Å²) in [6.45, 7) is 6.93. The molecule has 1 aromatic carbocycles. The number of hydrogen-bond donors (Lipinski definition) is 1. The Balaban J connectivity index is 1.76. The molecule has 0 spiro atoms. The third-order valence-electron chi connectivity index (χ3n) is 3.77. The van der Waals surface area contributed by atoms with Gasteiger partial charge in [-0.1, -0.05) is 24.3 Å². The van der Waals surface area contributed by atoms with Crippen LogP contribution in [0.3, 0.4) is 0 Å². The van der Waals surface area contributed by atoms with Crippen molar-refractivity contribution in [1.29, 1.82) is 0 Å². The van der Waals surface area contributed by atoms with Gasteiger partial charge in [-0.05, 0) is 43.9 Å². The second-order valence-electron chi connectivity index (χ2n) is 6.74. The number of aromatic nitrogens is 1. The van der Waals surface area contributed by atoms with Crippen molar-refractivity contribution in [2.24, 2.45) is 0 Å². The number of carbonyl (C=O) groups is 1. The summed E-state index contributed by atoms with van der Waals surface area (Å²) in [5.41, 5.74) is 1.87. The molecule has 0 radical (unpaired) electrons. The van der Waals surface area contributed by atoms with Gasteiger partial charge in [0.2, 0.25) is 0 Å². The number of nitrogens with zero attached hydrogens (tertiary/aromatic N) is 1. The molecule has 2 aromatic rings. The fraction of sp³-hybridized carbons (Fsp3) is 0.389. The fourth-order valence-corrected chi connectivity index (χ4v) is 2.71. The number of nitrogens with one attached hydrogen (secondary N) is 1. The van der Waals surface area contributed by atoms with Crippen LogP contribution in [-0.2, 0) is 4.74 Å². The van der Waals surface area contributed by atoms with E-state index < -0.39 is 5.60 Å². The molecule has 4 heteroatoms. The lowest BCUT2D eigenvalue weighted by Crippen LogP contribution is -2.40. The van der Waals surface area contributed by atoms with Gasteiger partial charge in [-0.25, -0.2) is 4.79 Å². The summed E-state index contributed by atoms with van der Waals surface area (Å²) in [6, 6.07) is 8.46. The monoisotopic (exact) mass is 298 g/mol. The van der Waals surface area contributed by atoms with Crippen LogP contribution in [0.4, 0.5) is 4.79 Å². The normalized spacial score (nSPS) is 18.7. The van der Waals surface area contributed by atoms with Crippen LogP contribution in [-0.4, -0.2) is 34.7 Å². The molecule has 1 aromatic heterocycles. The third-order valence-corrected chi connectivity index (χ3v) is 3.77. The lowest BCUT2D eigenvalue weighted by molar-refractivity contribution is 0.0259. The predicted molar refractivity (Wildman–Crippen MR) is 88.0 cm³/mol. The van der Waals surface area contributed by atoms with Crippen molar-refractivity contribution in [1.82, 2.24) is 9.88 Å². The minimum absolute atomic E-state index is 0.203. The number of fused-ring (bicyclic) bond motifs is 1. The van der Waals surface area contributed by atoms with E-state index in [2.05, 4.69) is 35.3 Å². The number of amides is 1. The molecule has 1 aliphatic heterocycles. The van der Waals surface area contributed by atoms with Gasteiger partial charge < -0.3 is 14.6 Å². The van der Waals surface area contributed by atoms with E-state index in [0.717, 1.165) is 5.52 Å². The number of ether oxygens (including phenoxy) is 1. The summed E-state index contributed by atoms with van der Waals surface area (Å²) in [5, 5.41) is 1.20. The fourth-order valence-electron chi connectivity index (χ4n) is 2.71. The number of H-pyrrole nitrogens is 1. The Morgan fingerprint density at radius 1 is 1.32 bits per heavy atom. The molecule has 1 atom stereocenters. The molecule has 1 aliphatic rings. The van der Waals surface area contributed by atoms with Crippen molar-refractivity contribution in [3.63, 3.8) is 0 Å². The summed E-state index contributed by atoms with van der Waals surface area (Å²) >= 11 is 0. The third kappa shape index (κ3) is 3.16. The maximum absolute atomic E-state index is 12.2. The zero-order valence-corrected chi connectivity index (χ0v) is 13.3. The topological polar surface area (TPSA) is 45.3 Å². The van der Waals surface area contributed by atoms with E-state index in [1.807, 2.05) is 33.0 Å². The van der Waals surface area contributed by atoms with Crippen LogP contribution < -0.4 is 0 Å². The van der Waals surface area contributed by atoms with Gasteiger partial charge in [0.25, 0.3) is 0 Å². The van der Waals surface area contributed by atoms with Crippen molar-refractivity contribution >= 4 is 17.0 Å². The van der Waals surface area contributed by atoms with Crippen LogP contribution in [0.25, 0.3) is 10.9 Å². The van der Waals surface area contributed by atoms with Crippen molar-refractivity contribution < 1.29 is 9.53 Å². The SMILES string of the molecule is CC(C)(C)OC(=O)N1CC=C[C@H](c2ccc3cc[nH]c3c2)C1. The molecular formula is C18H22N2O2.